The van der Waals surface area contributed by atoms with E-state index in [1.807, 2.05) is 49.4 Å². The minimum absolute atomic E-state index is 0. The van der Waals surface area contributed by atoms with E-state index in [-0.39, 0.29) is 18.4 Å². The number of benzene rings is 2. The minimum Gasteiger partial charge on any atom is -1.00 e. The van der Waals surface area contributed by atoms with Crippen molar-refractivity contribution in [2.45, 2.75) is 32.2 Å². The number of aliphatic hydroxyl groups excluding tert-OH is 1. The molecule has 21 heavy (non-hydrogen) atoms. The minimum atomic E-state index is -0.418. The second-order valence-corrected chi connectivity index (χ2v) is 5.38. The number of quaternary nitrogens is 1. The zero-order valence-electron chi connectivity index (χ0n) is 12.0. The quantitative estimate of drug-likeness (QED) is 0.746. The first-order valence-corrected chi connectivity index (χ1v) is 7.05. The molecule has 0 fully saturated rings. The van der Waals surface area contributed by atoms with E-state index in [1.54, 1.807) is 0 Å². The van der Waals surface area contributed by atoms with Crippen LogP contribution in [-0.2, 0) is 13.2 Å². The van der Waals surface area contributed by atoms with Gasteiger partial charge in [-0.15, -0.1) is 0 Å². The lowest BCUT2D eigenvalue weighted by molar-refractivity contribution is -0.713. The summed E-state index contributed by atoms with van der Waals surface area (Å²) < 4.78 is 5.82. The largest absolute Gasteiger partial charge is 1.00 e. The van der Waals surface area contributed by atoms with Crippen LogP contribution in [0.4, 0.5) is 0 Å². The van der Waals surface area contributed by atoms with E-state index in [0.29, 0.717) is 6.61 Å². The molecule has 2 aromatic carbocycles. The van der Waals surface area contributed by atoms with Crippen molar-refractivity contribution in [1.29, 1.82) is 0 Å². The van der Waals surface area contributed by atoms with Gasteiger partial charge in [0, 0.05) is 5.56 Å². The molecule has 1 heterocycles. The Morgan fingerprint density at radius 2 is 1.95 bits per heavy atom. The monoisotopic (exact) mass is 305 g/mol. The topological polar surface area (TPSA) is 46.1 Å². The lowest BCUT2D eigenvalue weighted by Crippen LogP contribution is -3.00. The summed E-state index contributed by atoms with van der Waals surface area (Å²) in [6, 6.07) is 16.3. The molecular weight excluding hydrogens is 286 g/mol. The fraction of sp³-hybridized carbons (Fsp3) is 0.294. The summed E-state index contributed by atoms with van der Waals surface area (Å²) in [5.74, 6) is 0.820. The second kappa shape index (κ2) is 6.94. The number of hydrogen-bond donors (Lipinski definition) is 2. The van der Waals surface area contributed by atoms with Crippen molar-refractivity contribution in [2.24, 2.45) is 0 Å². The smallest absolute Gasteiger partial charge is 0.131 e. The fourth-order valence-electron chi connectivity index (χ4n) is 2.59. The predicted octanol–water partition coefficient (Wildman–Crippen LogP) is -1.23. The Morgan fingerprint density at radius 3 is 2.71 bits per heavy atom. The van der Waals surface area contributed by atoms with E-state index in [9.17, 15) is 5.11 Å². The highest BCUT2D eigenvalue weighted by molar-refractivity contribution is 5.38. The molecule has 0 radical (unpaired) electrons. The van der Waals surface area contributed by atoms with Crippen LogP contribution in [0.15, 0.2) is 48.5 Å². The summed E-state index contributed by atoms with van der Waals surface area (Å²) in [4.78, 5) is 0. The highest BCUT2D eigenvalue weighted by atomic mass is 35.5. The van der Waals surface area contributed by atoms with Crippen molar-refractivity contribution >= 4 is 0 Å². The van der Waals surface area contributed by atoms with Crippen LogP contribution in [0.1, 0.15) is 29.7 Å². The first-order chi connectivity index (χ1) is 9.74. The van der Waals surface area contributed by atoms with Crippen molar-refractivity contribution < 1.29 is 27.6 Å². The maximum atomic E-state index is 10.3. The highest BCUT2D eigenvalue weighted by Crippen LogP contribution is 2.27. The molecule has 3 N–H and O–H groups in total. The zero-order valence-corrected chi connectivity index (χ0v) is 12.8. The third kappa shape index (κ3) is 3.56. The molecule has 3 nitrogen and oxygen atoms in total. The van der Waals surface area contributed by atoms with Crippen molar-refractivity contribution in [3.8, 4) is 5.75 Å². The summed E-state index contributed by atoms with van der Waals surface area (Å²) in [5.41, 5.74) is 3.35. The molecule has 2 aromatic rings. The van der Waals surface area contributed by atoms with Gasteiger partial charge in [-0.3, -0.25) is 0 Å². The molecule has 0 aromatic heterocycles. The lowest BCUT2D eigenvalue weighted by Gasteiger charge is -2.26. The molecular formula is C17H20ClNO2. The zero-order chi connectivity index (χ0) is 13.9. The molecule has 0 bridgehead atoms. The van der Waals surface area contributed by atoms with E-state index < -0.39 is 6.10 Å². The molecule has 4 heteroatoms. The van der Waals surface area contributed by atoms with Gasteiger partial charge in [-0.2, -0.15) is 0 Å². The Morgan fingerprint density at radius 1 is 1.19 bits per heavy atom. The van der Waals surface area contributed by atoms with Gasteiger partial charge in [0.25, 0.3) is 0 Å². The average Bonchev–Trinajstić information content (AvgIpc) is 2.50. The highest BCUT2D eigenvalue weighted by Gasteiger charge is 2.27. The number of rotatable bonds is 3. The van der Waals surface area contributed by atoms with Gasteiger partial charge in [0.15, 0.2) is 0 Å². The normalized spacial score (nSPS) is 20.3. The standard InChI is InChI=1S/C17H19NO2.ClH/c1-12-17(19)16-9-15(8-7-14(16)10-18-12)20-11-13-5-3-2-4-6-13;/h2-9,12,17-19H,10-11H2,1H3;1H. The van der Waals surface area contributed by atoms with Crippen LogP contribution < -0.4 is 22.5 Å². The van der Waals surface area contributed by atoms with E-state index in [4.69, 9.17) is 4.74 Å². The summed E-state index contributed by atoms with van der Waals surface area (Å²) >= 11 is 0. The van der Waals surface area contributed by atoms with Gasteiger partial charge in [-0.25, -0.2) is 0 Å². The Kier molecular flexibility index (Phi) is 5.23. The molecule has 0 saturated carbocycles. The summed E-state index contributed by atoms with van der Waals surface area (Å²) in [5, 5.41) is 12.4. The molecule has 0 aliphatic carbocycles. The third-order valence-corrected chi connectivity index (χ3v) is 3.89. The molecule has 112 valence electrons. The summed E-state index contributed by atoms with van der Waals surface area (Å²) in [6.07, 6.45) is -0.418. The number of aliphatic hydroxyl groups is 1. The van der Waals surface area contributed by atoms with Crippen LogP contribution in [0, 0.1) is 0 Å². The molecule has 1 aliphatic rings. The second-order valence-electron chi connectivity index (χ2n) is 5.38. The van der Waals surface area contributed by atoms with Crippen molar-refractivity contribution in [1.82, 2.24) is 0 Å². The van der Waals surface area contributed by atoms with Crippen molar-refractivity contribution in [2.75, 3.05) is 0 Å². The number of nitrogens with two attached hydrogens (primary N) is 1. The van der Waals surface area contributed by atoms with Crippen molar-refractivity contribution in [3.63, 3.8) is 0 Å². The Hall–Kier alpha value is -1.55. The predicted molar refractivity (Wildman–Crippen MR) is 77.3 cm³/mol. The van der Waals surface area contributed by atoms with Crippen LogP contribution in [0.3, 0.4) is 0 Å². The Bertz CT molecular complexity index is 589. The summed E-state index contributed by atoms with van der Waals surface area (Å²) in [7, 11) is 0. The molecule has 1 aliphatic heterocycles. The maximum absolute atomic E-state index is 10.3. The first-order valence-electron chi connectivity index (χ1n) is 7.05. The molecule has 2 atom stereocenters. The van der Waals surface area contributed by atoms with Crippen molar-refractivity contribution in [3.05, 3.63) is 65.2 Å². The molecule has 0 saturated heterocycles. The van der Waals surface area contributed by atoms with Gasteiger partial charge >= 0.3 is 0 Å². The average molecular weight is 306 g/mol. The van der Waals surface area contributed by atoms with Gasteiger partial charge in [-0.05, 0) is 36.2 Å². The Balaban J connectivity index is 0.00000161. The molecule has 3 rings (SSSR count). The Labute approximate surface area is 131 Å². The van der Waals surface area contributed by atoms with E-state index in [1.165, 1.54) is 5.56 Å². The summed E-state index contributed by atoms with van der Waals surface area (Å²) in [6.45, 7) is 3.52. The number of fused-ring (bicyclic) bond motifs is 1. The molecule has 0 spiro atoms. The van der Waals surface area contributed by atoms with E-state index in [0.717, 1.165) is 23.4 Å². The van der Waals surface area contributed by atoms with Gasteiger partial charge in [-0.1, -0.05) is 30.3 Å². The van der Waals surface area contributed by atoms with Gasteiger partial charge < -0.3 is 27.6 Å². The number of ether oxygens (including phenoxy) is 1. The number of hydrogen-bond acceptors (Lipinski definition) is 2. The maximum Gasteiger partial charge on any atom is 0.131 e. The first kappa shape index (κ1) is 15.8. The third-order valence-electron chi connectivity index (χ3n) is 3.89. The van der Waals surface area contributed by atoms with Crippen LogP contribution in [-0.4, -0.2) is 11.1 Å². The van der Waals surface area contributed by atoms with Crippen LogP contribution in [0.25, 0.3) is 0 Å². The van der Waals surface area contributed by atoms with E-state index in [2.05, 4.69) is 11.4 Å². The van der Waals surface area contributed by atoms with Crippen LogP contribution in [0.5, 0.6) is 5.75 Å². The van der Waals surface area contributed by atoms with Gasteiger partial charge in [0.05, 0.1) is 0 Å². The number of halogens is 1. The SMILES string of the molecule is CC1[NH2+]Cc2ccc(OCc3ccccc3)cc2C1O.[Cl-]. The molecule has 2 unspecified atom stereocenters. The van der Waals surface area contributed by atoms with Gasteiger partial charge in [0.2, 0.25) is 0 Å². The fourth-order valence-corrected chi connectivity index (χ4v) is 2.59. The molecule has 0 amide bonds. The van der Waals surface area contributed by atoms with Gasteiger partial charge in [0.1, 0.15) is 31.0 Å². The lowest BCUT2D eigenvalue weighted by atomic mass is 9.93. The van der Waals surface area contributed by atoms with Crippen LogP contribution >= 0.6 is 0 Å². The van der Waals surface area contributed by atoms with Crippen LogP contribution in [0.2, 0.25) is 0 Å². The van der Waals surface area contributed by atoms with E-state index >= 15 is 0 Å².